The molecule has 0 aliphatic carbocycles. The molecule has 1 aromatic carbocycles. The van der Waals surface area contributed by atoms with Crippen LogP contribution in [0.5, 0.6) is 0 Å². The molecule has 1 atom stereocenters. The van der Waals surface area contributed by atoms with Gasteiger partial charge < -0.3 is 16.0 Å². The van der Waals surface area contributed by atoms with E-state index in [2.05, 4.69) is 5.32 Å². The average molecular weight is 292 g/mol. The van der Waals surface area contributed by atoms with E-state index in [1.807, 2.05) is 0 Å². The molecule has 0 aromatic heterocycles. The second-order valence-corrected chi connectivity index (χ2v) is 4.81. The molecule has 1 fully saturated rings. The summed E-state index contributed by atoms with van der Waals surface area (Å²) in [5, 5.41) is 13.6. The van der Waals surface area contributed by atoms with E-state index in [1.54, 1.807) is 0 Å². The summed E-state index contributed by atoms with van der Waals surface area (Å²) in [5.74, 6) is -0.756. The lowest BCUT2D eigenvalue weighted by Crippen LogP contribution is -2.59. The number of nitrogens with one attached hydrogen (secondary N) is 1. The standard InChI is InChI=1S/C13H16N4O4/c14-13(19)11-8-15-5-6-16(11)12(18)7-9-1-3-10(4-2-9)17(20)21/h1-4,11,15H,5-8H2,(H2,14,19). The third-order valence-corrected chi connectivity index (χ3v) is 3.39. The van der Waals surface area contributed by atoms with Crippen LogP contribution in [-0.4, -0.2) is 47.3 Å². The van der Waals surface area contributed by atoms with Crippen molar-refractivity contribution >= 4 is 17.5 Å². The summed E-state index contributed by atoms with van der Waals surface area (Å²) >= 11 is 0. The number of hydrogen-bond donors (Lipinski definition) is 2. The normalized spacial score (nSPS) is 18.3. The third-order valence-electron chi connectivity index (χ3n) is 3.39. The predicted molar refractivity (Wildman–Crippen MR) is 74.4 cm³/mol. The van der Waals surface area contributed by atoms with Gasteiger partial charge in [0, 0.05) is 31.8 Å². The highest BCUT2D eigenvalue weighted by atomic mass is 16.6. The van der Waals surface area contributed by atoms with E-state index < -0.39 is 16.9 Å². The van der Waals surface area contributed by atoms with Crippen LogP contribution >= 0.6 is 0 Å². The minimum absolute atomic E-state index is 0.0246. The summed E-state index contributed by atoms with van der Waals surface area (Å²) in [4.78, 5) is 35.1. The van der Waals surface area contributed by atoms with Gasteiger partial charge in [-0.3, -0.25) is 19.7 Å². The molecule has 0 bridgehead atoms. The van der Waals surface area contributed by atoms with Crippen LogP contribution in [0.15, 0.2) is 24.3 Å². The van der Waals surface area contributed by atoms with Crippen molar-refractivity contribution in [2.24, 2.45) is 5.73 Å². The Kier molecular flexibility index (Phi) is 4.49. The second kappa shape index (κ2) is 6.31. The van der Waals surface area contributed by atoms with Crippen LogP contribution in [0.2, 0.25) is 0 Å². The lowest BCUT2D eigenvalue weighted by molar-refractivity contribution is -0.384. The summed E-state index contributed by atoms with van der Waals surface area (Å²) in [6.45, 7) is 1.37. The van der Waals surface area contributed by atoms with Gasteiger partial charge in [0.05, 0.1) is 11.3 Å². The molecule has 1 aliphatic rings. The number of nitrogens with two attached hydrogens (primary N) is 1. The van der Waals surface area contributed by atoms with E-state index >= 15 is 0 Å². The van der Waals surface area contributed by atoms with Crippen LogP contribution in [0, 0.1) is 10.1 Å². The molecule has 1 saturated heterocycles. The Morgan fingerprint density at radius 3 is 2.62 bits per heavy atom. The van der Waals surface area contributed by atoms with Gasteiger partial charge in [-0.15, -0.1) is 0 Å². The van der Waals surface area contributed by atoms with Gasteiger partial charge in [0.2, 0.25) is 11.8 Å². The minimum Gasteiger partial charge on any atom is -0.368 e. The fourth-order valence-electron chi connectivity index (χ4n) is 2.27. The number of benzene rings is 1. The average Bonchev–Trinajstić information content (AvgIpc) is 2.47. The number of hydrogen-bond acceptors (Lipinski definition) is 5. The summed E-state index contributed by atoms with van der Waals surface area (Å²) in [5.41, 5.74) is 5.93. The number of nitrogens with zero attached hydrogens (tertiary/aromatic N) is 2. The predicted octanol–water partition coefficient (Wildman–Crippen LogP) is -0.577. The zero-order chi connectivity index (χ0) is 15.4. The number of primary amides is 1. The Labute approximate surface area is 121 Å². The highest BCUT2D eigenvalue weighted by molar-refractivity contribution is 5.88. The van der Waals surface area contributed by atoms with Crippen molar-refractivity contribution in [2.45, 2.75) is 12.5 Å². The van der Waals surface area contributed by atoms with E-state index in [1.165, 1.54) is 29.2 Å². The van der Waals surface area contributed by atoms with Gasteiger partial charge in [0.15, 0.2) is 0 Å². The summed E-state index contributed by atoms with van der Waals surface area (Å²) in [7, 11) is 0. The molecule has 1 unspecified atom stereocenters. The van der Waals surface area contributed by atoms with Crippen molar-refractivity contribution in [1.82, 2.24) is 10.2 Å². The smallest absolute Gasteiger partial charge is 0.269 e. The molecule has 2 rings (SSSR count). The molecule has 21 heavy (non-hydrogen) atoms. The Morgan fingerprint density at radius 2 is 2.05 bits per heavy atom. The second-order valence-electron chi connectivity index (χ2n) is 4.81. The third kappa shape index (κ3) is 3.54. The fraction of sp³-hybridized carbons (Fsp3) is 0.385. The quantitative estimate of drug-likeness (QED) is 0.568. The van der Waals surface area contributed by atoms with Crippen LogP contribution < -0.4 is 11.1 Å². The zero-order valence-electron chi connectivity index (χ0n) is 11.3. The van der Waals surface area contributed by atoms with Crippen molar-refractivity contribution in [2.75, 3.05) is 19.6 Å². The highest BCUT2D eigenvalue weighted by Crippen LogP contribution is 2.14. The van der Waals surface area contributed by atoms with E-state index in [9.17, 15) is 19.7 Å². The Bertz CT molecular complexity index is 558. The molecule has 2 amide bonds. The number of non-ortho nitro benzene ring substituents is 1. The van der Waals surface area contributed by atoms with Crippen molar-refractivity contribution in [3.8, 4) is 0 Å². The zero-order valence-corrected chi connectivity index (χ0v) is 11.3. The molecule has 0 spiro atoms. The van der Waals surface area contributed by atoms with E-state index in [0.29, 0.717) is 25.2 Å². The molecule has 8 nitrogen and oxygen atoms in total. The molecule has 1 heterocycles. The van der Waals surface area contributed by atoms with Gasteiger partial charge in [-0.2, -0.15) is 0 Å². The van der Waals surface area contributed by atoms with E-state index in [0.717, 1.165) is 0 Å². The number of rotatable bonds is 4. The molecule has 0 radical (unpaired) electrons. The van der Waals surface area contributed by atoms with Gasteiger partial charge in [0.25, 0.3) is 5.69 Å². The Morgan fingerprint density at radius 1 is 1.38 bits per heavy atom. The number of carbonyl (C=O) groups excluding carboxylic acids is 2. The van der Waals surface area contributed by atoms with Crippen LogP contribution in [0.25, 0.3) is 0 Å². The van der Waals surface area contributed by atoms with E-state index in [-0.39, 0.29) is 18.0 Å². The van der Waals surface area contributed by atoms with Gasteiger partial charge in [-0.05, 0) is 5.56 Å². The number of nitro groups is 1. The maximum absolute atomic E-state index is 12.3. The molecule has 8 heteroatoms. The molecule has 112 valence electrons. The first-order chi connectivity index (χ1) is 9.99. The fourth-order valence-corrected chi connectivity index (χ4v) is 2.27. The maximum atomic E-state index is 12.3. The van der Waals surface area contributed by atoms with Gasteiger partial charge in [-0.25, -0.2) is 0 Å². The molecule has 1 aromatic rings. The monoisotopic (exact) mass is 292 g/mol. The number of nitro benzene ring substituents is 1. The summed E-state index contributed by atoms with van der Waals surface area (Å²) < 4.78 is 0. The topological polar surface area (TPSA) is 119 Å². The first-order valence-electron chi connectivity index (χ1n) is 6.52. The van der Waals surface area contributed by atoms with Crippen molar-refractivity contribution in [3.63, 3.8) is 0 Å². The van der Waals surface area contributed by atoms with Crippen molar-refractivity contribution in [1.29, 1.82) is 0 Å². The summed E-state index contributed by atoms with van der Waals surface area (Å²) in [6, 6.07) is 5.14. The van der Waals surface area contributed by atoms with Crippen molar-refractivity contribution in [3.05, 3.63) is 39.9 Å². The van der Waals surface area contributed by atoms with Crippen LogP contribution in [0.1, 0.15) is 5.56 Å². The number of amides is 2. The molecular weight excluding hydrogens is 276 g/mol. The van der Waals surface area contributed by atoms with Crippen LogP contribution in [-0.2, 0) is 16.0 Å². The number of piperazine rings is 1. The molecule has 3 N–H and O–H groups in total. The minimum atomic E-state index is -0.649. The largest absolute Gasteiger partial charge is 0.368 e. The van der Waals surface area contributed by atoms with Crippen LogP contribution in [0.4, 0.5) is 5.69 Å². The van der Waals surface area contributed by atoms with Crippen LogP contribution in [0.3, 0.4) is 0 Å². The highest BCUT2D eigenvalue weighted by Gasteiger charge is 2.30. The lowest BCUT2D eigenvalue weighted by Gasteiger charge is -2.34. The lowest BCUT2D eigenvalue weighted by atomic mass is 10.1. The Balaban J connectivity index is 2.05. The number of carbonyl (C=O) groups is 2. The first-order valence-corrected chi connectivity index (χ1v) is 6.52. The van der Waals surface area contributed by atoms with E-state index in [4.69, 9.17) is 5.73 Å². The summed E-state index contributed by atoms with van der Waals surface area (Å²) in [6.07, 6.45) is 0.0851. The Hall–Kier alpha value is -2.48. The van der Waals surface area contributed by atoms with Gasteiger partial charge in [0.1, 0.15) is 6.04 Å². The molecule has 0 saturated carbocycles. The molecule has 1 aliphatic heterocycles. The first kappa shape index (κ1) is 14.9. The molecular formula is C13H16N4O4. The van der Waals surface area contributed by atoms with Gasteiger partial charge in [-0.1, -0.05) is 12.1 Å². The van der Waals surface area contributed by atoms with Crippen molar-refractivity contribution < 1.29 is 14.5 Å². The maximum Gasteiger partial charge on any atom is 0.269 e. The van der Waals surface area contributed by atoms with Gasteiger partial charge >= 0.3 is 0 Å². The SMILES string of the molecule is NC(=O)C1CNCCN1C(=O)Cc1ccc([N+](=O)[O-])cc1.